The van der Waals surface area contributed by atoms with E-state index in [1.54, 1.807) is 0 Å². The third kappa shape index (κ3) is 17.1. The predicted molar refractivity (Wildman–Crippen MR) is 323 cm³/mol. The van der Waals surface area contributed by atoms with Gasteiger partial charge in [0.25, 0.3) is 0 Å². The third-order valence-electron chi connectivity index (χ3n) is 16.7. The Labute approximate surface area is 482 Å². The fraction of sp³-hybridized carbons (Fsp3) is 0.455. The van der Waals surface area contributed by atoms with Gasteiger partial charge in [0.1, 0.15) is 36.6 Å². The van der Waals surface area contributed by atoms with E-state index in [0.29, 0.717) is 0 Å². The molecule has 0 aliphatic heterocycles. The number of rotatable bonds is 22. The molecule has 1 aliphatic carbocycles. The number of hydrogen-bond donors (Lipinski definition) is 5. The molecule has 0 aromatic heterocycles. The molecule has 13 heteroatoms. The maximum atomic E-state index is 10.3. The molecule has 6 aromatic rings. The first-order valence-corrected chi connectivity index (χ1v) is 43.6. The zero-order valence-electron chi connectivity index (χ0n) is 48.7. The minimum absolute atomic E-state index is 0.0900. The number of aliphatic hydroxyl groups is 5. The minimum Gasteiger partial charge on any atom is -0.726 e. The summed E-state index contributed by atoms with van der Waals surface area (Å²) < 4.78 is 50.6. The van der Waals surface area contributed by atoms with E-state index in [0.717, 1.165) is 26.6 Å². The molecule has 0 bridgehead atoms. The Balaban J connectivity index is 0.000000540. The Morgan fingerprint density at radius 1 is 0.342 bits per heavy atom. The maximum absolute atomic E-state index is 10.3. The number of aliphatic hydroxyl groups excluding tert-OH is 5. The second-order valence-electron chi connectivity index (χ2n) is 26.5. The predicted octanol–water partition coefficient (Wildman–Crippen LogP) is 12.4. The smallest absolute Gasteiger partial charge is 0.218 e. The summed E-state index contributed by atoms with van der Waals surface area (Å²) in [6, 6.07) is 68.6. The van der Waals surface area contributed by atoms with Gasteiger partial charge in [0.05, 0.1) is 0 Å². The van der Waals surface area contributed by atoms with Gasteiger partial charge in [-0.1, -0.05) is 0 Å². The number of hydrogen-bond acceptors (Lipinski definition) is 10. The van der Waals surface area contributed by atoms with E-state index in [1.165, 1.54) is 33.4 Å². The molecule has 6 atom stereocenters. The van der Waals surface area contributed by atoms with Gasteiger partial charge >= 0.3 is 397 Å². The van der Waals surface area contributed by atoms with E-state index in [-0.39, 0.29) is 32.5 Å². The van der Waals surface area contributed by atoms with Crippen molar-refractivity contribution in [1.82, 2.24) is 0 Å². The summed E-state index contributed by atoms with van der Waals surface area (Å²) in [5, 5.41) is 45.9. The van der Waals surface area contributed by atoms with Crippen molar-refractivity contribution in [3.63, 3.8) is 0 Å². The van der Waals surface area contributed by atoms with Crippen LogP contribution < -0.4 is 0 Å². The largest absolute Gasteiger partial charge is 0.726 e. The van der Waals surface area contributed by atoms with Crippen LogP contribution in [0.5, 0.6) is 0 Å². The molecule has 0 spiro atoms. The summed E-state index contributed by atoms with van der Waals surface area (Å²) >= 11 is -8.23. The second kappa shape index (κ2) is 26.0. The summed E-state index contributed by atoms with van der Waals surface area (Å²) in [6.45, 7) is 30.4. The van der Waals surface area contributed by atoms with Crippen molar-refractivity contribution in [1.29, 1.82) is 0 Å². The Morgan fingerprint density at radius 3 is 0.671 bits per heavy atom. The van der Waals surface area contributed by atoms with Gasteiger partial charge in [-0.3, -0.25) is 4.18 Å². The van der Waals surface area contributed by atoms with Crippen molar-refractivity contribution >= 4 is 48.0 Å². The molecular weight excluding hydrogens is 1220 g/mol. The normalized spacial score (nSPS) is 20.0. The van der Waals surface area contributed by atoms with Crippen LogP contribution in [0.4, 0.5) is 0 Å². The zero-order chi connectivity index (χ0) is 58.3. The average Bonchev–Trinajstić information content (AvgIpc) is 3.44. The molecule has 0 radical (unpaired) electrons. The van der Waals surface area contributed by atoms with Crippen LogP contribution in [0.2, 0.25) is 26.6 Å². The molecule has 428 valence electrons. The molecule has 6 aromatic carbocycles. The van der Waals surface area contributed by atoms with Crippen molar-refractivity contribution in [3.8, 4) is 0 Å². The Kier molecular flexibility index (Phi) is 21.3. The molecule has 1 saturated carbocycles. The SMILES string of the molecule is CC(C)([CH2][Sn]([CH2]C(C)(C)c1ccccc1)([CH2]C(C)(C)c1ccccc1)[O][Sn]([CH2]C(C)(C)c1ccccc1)([CH2]C(C)(C)c1ccccc1)[CH2]C(C)(C)c1ccccc1)c1ccccc1.O=S(=O)([O-])O[C@@H]1[C@@H](O)[C@H](O)[C@@H](O)[C@H](O)[C@@H]1O. The Morgan fingerprint density at radius 2 is 0.506 bits per heavy atom. The summed E-state index contributed by atoms with van der Waals surface area (Å²) in [7, 11) is -5.23. The molecule has 0 amide bonds. The third-order valence-corrected chi connectivity index (χ3v) is 62.3. The minimum atomic E-state index is -5.23. The van der Waals surface area contributed by atoms with Crippen molar-refractivity contribution < 1.29 is 44.1 Å². The monoisotopic (exact) mass is 1310 g/mol. The molecule has 10 nitrogen and oxygen atoms in total. The van der Waals surface area contributed by atoms with Crippen LogP contribution in [0.15, 0.2) is 182 Å². The van der Waals surface area contributed by atoms with Crippen LogP contribution in [-0.4, -0.2) is 113 Å². The maximum Gasteiger partial charge on any atom is 0.218 e. The number of benzene rings is 6. The van der Waals surface area contributed by atoms with Gasteiger partial charge in [0.2, 0.25) is 10.4 Å². The Bertz CT molecular complexity index is 2480. The molecule has 1 fully saturated rings. The molecule has 0 unspecified atom stereocenters. The fourth-order valence-corrected chi connectivity index (χ4v) is 76.7. The first-order chi connectivity index (χ1) is 36.7. The van der Waals surface area contributed by atoms with Crippen molar-refractivity contribution in [2.45, 2.75) is 179 Å². The van der Waals surface area contributed by atoms with Crippen molar-refractivity contribution in [2.75, 3.05) is 0 Å². The van der Waals surface area contributed by atoms with E-state index in [2.05, 4.69) is 269 Å². The van der Waals surface area contributed by atoms with Crippen LogP contribution in [-0.2, 0) is 48.5 Å². The molecule has 7 rings (SSSR count). The Hall–Kier alpha value is -3.45. The quantitative estimate of drug-likeness (QED) is 0.0250. The van der Waals surface area contributed by atoms with E-state index < -0.39 is 84.6 Å². The molecular formula is C66H89O10SSn2-. The fourth-order valence-electron chi connectivity index (χ4n) is 13.3. The molecule has 0 heterocycles. The van der Waals surface area contributed by atoms with Crippen LogP contribution >= 0.6 is 0 Å². The topological polar surface area (TPSA) is 177 Å². The van der Waals surface area contributed by atoms with Gasteiger partial charge in [-0.25, -0.2) is 8.42 Å². The molecule has 1 aliphatic rings. The van der Waals surface area contributed by atoms with Crippen molar-refractivity contribution in [2.24, 2.45) is 0 Å². The first kappa shape index (κ1) is 64.7. The van der Waals surface area contributed by atoms with Gasteiger partial charge in [-0.05, 0) is 0 Å². The van der Waals surface area contributed by atoms with Crippen LogP contribution in [0.1, 0.15) is 116 Å². The van der Waals surface area contributed by atoms with Gasteiger partial charge < -0.3 is 30.1 Å². The van der Waals surface area contributed by atoms with E-state index >= 15 is 0 Å². The summed E-state index contributed by atoms with van der Waals surface area (Å²) in [5.74, 6) is 0. The van der Waals surface area contributed by atoms with Gasteiger partial charge in [-0.2, -0.15) is 0 Å². The molecule has 79 heavy (non-hydrogen) atoms. The first-order valence-electron chi connectivity index (χ1n) is 27.8. The summed E-state index contributed by atoms with van der Waals surface area (Å²) in [6.07, 6.45) is -11.8. The van der Waals surface area contributed by atoms with Gasteiger partial charge in [0.15, 0.2) is 0 Å². The van der Waals surface area contributed by atoms with Crippen molar-refractivity contribution in [3.05, 3.63) is 215 Å². The zero-order valence-corrected chi connectivity index (χ0v) is 55.2. The second-order valence-corrected chi connectivity index (χ2v) is 51.5. The standard InChI is InChI=1S/6C10H13.C6H12O9S.O.2Sn/c6*1-10(2,3)9-7-5-4-6-8-9;7-1-2(8)4(10)6(5(11)3(1)9)15-16(12,13)14;;;/h6*4-8H,1H2,2-3H3;1-11H,(H,12,13,14);;;/p-1/t;;;;;;1-,2-,3+,4-,5-,6-;;;/m......0.../s1. The van der Waals surface area contributed by atoms with E-state index in [9.17, 15) is 24.6 Å². The van der Waals surface area contributed by atoms with Gasteiger partial charge in [-0.15, -0.1) is 0 Å². The van der Waals surface area contributed by atoms with E-state index in [4.69, 9.17) is 15.3 Å². The van der Waals surface area contributed by atoms with Gasteiger partial charge in [0, 0.05) is 0 Å². The van der Waals surface area contributed by atoms with Crippen LogP contribution in [0.3, 0.4) is 0 Å². The summed E-state index contributed by atoms with van der Waals surface area (Å²) in [4.78, 5) is 0. The van der Waals surface area contributed by atoms with Crippen LogP contribution in [0.25, 0.3) is 0 Å². The summed E-state index contributed by atoms with van der Waals surface area (Å²) in [5.41, 5.74) is 7.98. The van der Waals surface area contributed by atoms with E-state index in [1.807, 2.05) is 0 Å². The molecule has 0 saturated heterocycles. The van der Waals surface area contributed by atoms with Crippen LogP contribution in [0, 0.1) is 0 Å². The average molecular weight is 1310 g/mol. The molecule has 5 N–H and O–H groups in total.